The molecule has 0 fully saturated rings. The van der Waals surface area contributed by atoms with Gasteiger partial charge in [0, 0.05) is 12.8 Å². The van der Waals surface area contributed by atoms with Crippen LogP contribution < -0.4 is 5.73 Å². The Balaban J connectivity index is 2.08. The van der Waals surface area contributed by atoms with Crippen LogP contribution in [0.2, 0.25) is 0 Å². The van der Waals surface area contributed by atoms with Crippen molar-refractivity contribution in [1.82, 2.24) is 14.9 Å². The summed E-state index contributed by atoms with van der Waals surface area (Å²) >= 11 is 1.51. The van der Waals surface area contributed by atoms with Crippen LogP contribution in [-0.2, 0) is 16.4 Å². The van der Waals surface area contributed by atoms with Crippen LogP contribution in [0.3, 0.4) is 0 Å². The van der Waals surface area contributed by atoms with Gasteiger partial charge in [-0.25, -0.2) is 18.4 Å². The number of sulfone groups is 1. The molecule has 2 aromatic rings. The molecular weight excluding hydrogens is 284 g/mol. The molecule has 2 heterocycles. The zero-order chi connectivity index (χ0) is 14.0. The average Bonchev–Trinajstić information content (AvgIpc) is 2.74. The Morgan fingerprint density at radius 3 is 2.84 bits per heavy atom. The molecule has 2 N–H and O–H groups in total. The van der Waals surface area contributed by atoms with Gasteiger partial charge in [-0.15, -0.1) is 11.3 Å². The molecule has 0 aliphatic heterocycles. The first-order valence-electron chi connectivity index (χ1n) is 5.71. The predicted octanol–water partition coefficient (Wildman–Crippen LogP) is 0.750. The van der Waals surface area contributed by atoms with Crippen molar-refractivity contribution < 1.29 is 8.42 Å². The van der Waals surface area contributed by atoms with E-state index >= 15 is 0 Å². The number of thiophene rings is 1. The number of fused-ring (bicyclic) bond motifs is 1. The largest absolute Gasteiger partial charge is 0.383 e. The van der Waals surface area contributed by atoms with E-state index < -0.39 is 9.84 Å². The number of hydrogen-bond donors (Lipinski definition) is 1. The topological polar surface area (TPSA) is 89.2 Å². The van der Waals surface area contributed by atoms with Crippen molar-refractivity contribution >= 4 is 37.2 Å². The van der Waals surface area contributed by atoms with E-state index in [-0.39, 0.29) is 5.75 Å². The van der Waals surface area contributed by atoms with E-state index in [0.717, 1.165) is 10.2 Å². The summed E-state index contributed by atoms with van der Waals surface area (Å²) in [5.74, 6) is 1.21. The standard InChI is InChI=1S/C11H16N4O2S2/c1-15(4-6-19(2,16)17)7-9-13-10(12)8-3-5-18-11(8)14-9/h3,5H,4,6-7H2,1-2H3,(H2,12,13,14). The number of nitrogens with two attached hydrogens (primary N) is 1. The summed E-state index contributed by atoms with van der Waals surface area (Å²) in [6, 6.07) is 1.90. The van der Waals surface area contributed by atoms with Crippen molar-refractivity contribution in [3.05, 3.63) is 17.3 Å². The average molecular weight is 300 g/mol. The first-order chi connectivity index (χ1) is 8.85. The highest BCUT2D eigenvalue weighted by molar-refractivity contribution is 7.90. The molecule has 104 valence electrons. The summed E-state index contributed by atoms with van der Waals surface area (Å²) < 4.78 is 22.2. The third kappa shape index (κ3) is 3.85. The van der Waals surface area contributed by atoms with Crippen LogP contribution in [0.4, 0.5) is 5.82 Å². The van der Waals surface area contributed by atoms with Gasteiger partial charge < -0.3 is 5.73 Å². The first kappa shape index (κ1) is 14.2. The van der Waals surface area contributed by atoms with Gasteiger partial charge >= 0.3 is 0 Å². The van der Waals surface area contributed by atoms with Crippen molar-refractivity contribution in [2.45, 2.75) is 6.54 Å². The molecule has 0 saturated heterocycles. The van der Waals surface area contributed by atoms with Crippen molar-refractivity contribution in [1.29, 1.82) is 0 Å². The minimum Gasteiger partial charge on any atom is -0.383 e. The maximum Gasteiger partial charge on any atom is 0.148 e. The summed E-state index contributed by atoms with van der Waals surface area (Å²) in [5, 5.41) is 2.79. The van der Waals surface area contributed by atoms with E-state index in [1.807, 2.05) is 23.4 Å². The Hall–Kier alpha value is -1.25. The summed E-state index contributed by atoms with van der Waals surface area (Å²) in [7, 11) is -1.11. The third-order valence-electron chi connectivity index (χ3n) is 2.66. The van der Waals surface area contributed by atoms with E-state index in [4.69, 9.17) is 5.73 Å². The number of hydrogen-bond acceptors (Lipinski definition) is 7. The molecular formula is C11H16N4O2S2. The van der Waals surface area contributed by atoms with Gasteiger partial charge in [0.05, 0.1) is 17.7 Å². The second-order valence-electron chi connectivity index (χ2n) is 4.53. The van der Waals surface area contributed by atoms with Gasteiger partial charge in [-0.05, 0) is 18.5 Å². The molecule has 2 aromatic heterocycles. The number of rotatable bonds is 5. The molecule has 0 radical (unpaired) electrons. The number of aromatic nitrogens is 2. The monoisotopic (exact) mass is 300 g/mol. The molecule has 0 amide bonds. The van der Waals surface area contributed by atoms with Crippen LogP contribution in [0.1, 0.15) is 5.82 Å². The van der Waals surface area contributed by atoms with Gasteiger partial charge in [0.1, 0.15) is 26.3 Å². The van der Waals surface area contributed by atoms with Crippen molar-refractivity contribution in [3.63, 3.8) is 0 Å². The van der Waals surface area contributed by atoms with Gasteiger partial charge in [0.25, 0.3) is 0 Å². The predicted molar refractivity (Wildman–Crippen MR) is 77.9 cm³/mol. The van der Waals surface area contributed by atoms with Gasteiger partial charge in [0.15, 0.2) is 0 Å². The molecule has 0 aliphatic carbocycles. The molecule has 0 aliphatic rings. The van der Waals surface area contributed by atoms with Gasteiger partial charge in [-0.3, -0.25) is 4.90 Å². The molecule has 19 heavy (non-hydrogen) atoms. The molecule has 8 heteroatoms. The lowest BCUT2D eigenvalue weighted by atomic mass is 10.4. The fraction of sp³-hybridized carbons (Fsp3) is 0.455. The molecule has 0 bridgehead atoms. The first-order valence-corrected chi connectivity index (χ1v) is 8.65. The zero-order valence-electron chi connectivity index (χ0n) is 10.8. The molecule has 0 saturated carbocycles. The summed E-state index contributed by atoms with van der Waals surface area (Å²) in [4.78, 5) is 11.4. The maximum atomic E-state index is 11.1. The Bertz CT molecular complexity index is 681. The highest BCUT2D eigenvalue weighted by Gasteiger charge is 2.10. The Labute approximate surface area is 116 Å². The zero-order valence-corrected chi connectivity index (χ0v) is 12.5. The second kappa shape index (κ2) is 5.40. The number of anilines is 1. The summed E-state index contributed by atoms with van der Waals surface area (Å²) in [6.07, 6.45) is 1.23. The quantitative estimate of drug-likeness (QED) is 0.876. The van der Waals surface area contributed by atoms with Gasteiger partial charge in [-0.1, -0.05) is 0 Å². The van der Waals surface area contributed by atoms with Gasteiger partial charge in [-0.2, -0.15) is 0 Å². The summed E-state index contributed by atoms with van der Waals surface area (Å²) in [6.45, 7) is 0.929. The van der Waals surface area contributed by atoms with E-state index in [1.54, 1.807) is 0 Å². The highest BCUT2D eigenvalue weighted by atomic mass is 32.2. The van der Waals surface area contributed by atoms with Crippen LogP contribution in [0.15, 0.2) is 11.4 Å². The third-order valence-corrected chi connectivity index (χ3v) is 4.39. The van der Waals surface area contributed by atoms with E-state index in [2.05, 4.69) is 9.97 Å². The van der Waals surface area contributed by atoms with Crippen LogP contribution >= 0.6 is 11.3 Å². The lowest BCUT2D eigenvalue weighted by molar-refractivity contribution is 0.337. The van der Waals surface area contributed by atoms with Crippen LogP contribution in [0, 0.1) is 0 Å². The Kier molecular flexibility index (Phi) is 4.02. The molecule has 0 atom stereocenters. The lowest BCUT2D eigenvalue weighted by Gasteiger charge is -2.15. The minimum absolute atomic E-state index is 0.125. The van der Waals surface area contributed by atoms with E-state index in [0.29, 0.717) is 24.7 Å². The minimum atomic E-state index is -2.95. The van der Waals surface area contributed by atoms with Crippen LogP contribution in [0.5, 0.6) is 0 Å². The van der Waals surface area contributed by atoms with E-state index in [1.165, 1.54) is 17.6 Å². The fourth-order valence-electron chi connectivity index (χ4n) is 1.64. The van der Waals surface area contributed by atoms with Crippen molar-refractivity contribution in [2.24, 2.45) is 0 Å². The molecule has 6 nitrogen and oxygen atoms in total. The molecule has 2 rings (SSSR count). The number of nitrogen functional groups attached to an aromatic ring is 1. The molecule has 0 unspecified atom stereocenters. The van der Waals surface area contributed by atoms with Crippen LogP contribution in [-0.4, -0.2) is 48.9 Å². The maximum absolute atomic E-state index is 11.1. The van der Waals surface area contributed by atoms with E-state index in [9.17, 15) is 8.42 Å². The highest BCUT2D eigenvalue weighted by Crippen LogP contribution is 2.22. The smallest absolute Gasteiger partial charge is 0.148 e. The SMILES string of the molecule is CN(CCS(C)(=O)=O)Cc1nc(N)c2ccsc2n1. The lowest BCUT2D eigenvalue weighted by Crippen LogP contribution is -2.25. The molecule has 0 spiro atoms. The second-order valence-corrected chi connectivity index (χ2v) is 7.69. The normalized spacial score (nSPS) is 12.4. The van der Waals surface area contributed by atoms with Crippen molar-refractivity contribution in [2.75, 3.05) is 31.3 Å². The summed E-state index contributed by atoms with van der Waals surface area (Å²) in [5.41, 5.74) is 5.86. The van der Waals surface area contributed by atoms with Crippen molar-refractivity contribution in [3.8, 4) is 0 Å². The Morgan fingerprint density at radius 2 is 2.16 bits per heavy atom. The van der Waals surface area contributed by atoms with Crippen LogP contribution in [0.25, 0.3) is 10.2 Å². The van der Waals surface area contributed by atoms with Gasteiger partial charge in [0.2, 0.25) is 0 Å². The number of nitrogens with zero attached hydrogens (tertiary/aromatic N) is 3. The fourth-order valence-corrected chi connectivity index (χ4v) is 3.07. The Morgan fingerprint density at radius 1 is 1.42 bits per heavy atom. The molecule has 0 aromatic carbocycles.